The lowest BCUT2D eigenvalue weighted by molar-refractivity contribution is -0.134. The number of fused-ring (bicyclic) bond motifs is 1. The highest BCUT2D eigenvalue weighted by Crippen LogP contribution is 2.39. The predicted octanol–water partition coefficient (Wildman–Crippen LogP) is 3.95. The van der Waals surface area contributed by atoms with Gasteiger partial charge in [-0.15, -0.1) is 0 Å². The molecule has 1 aromatic carbocycles. The van der Waals surface area contributed by atoms with Gasteiger partial charge in [-0.05, 0) is 28.7 Å². The third-order valence-electron chi connectivity index (χ3n) is 3.69. The summed E-state index contributed by atoms with van der Waals surface area (Å²) in [5.41, 5.74) is 3.72. The second-order valence-electron chi connectivity index (χ2n) is 5.20. The van der Waals surface area contributed by atoms with Crippen LogP contribution in [0.3, 0.4) is 0 Å². The summed E-state index contributed by atoms with van der Waals surface area (Å²) in [7, 11) is 3.21. The Kier molecular flexibility index (Phi) is 5.06. The zero-order valence-electron chi connectivity index (χ0n) is 12.2. The first-order valence-electron chi connectivity index (χ1n) is 6.83. The molecular weight excluding hydrogens is 281 g/mol. The van der Waals surface area contributed by atoms with Crippen molar-refractivity contribution in [1.29, 1.82) is 0 Å². The van der Waals surface area contributed by atoms with Crippen molar-refractivity contribution in [3.05, 3.63) is 40.5 Å². The van der Waals surface area contributed by atoms with Gasteiger partial charge in [0.05, 0.1) is 13.2 Å². The van der Waals surface area contributed by atoms with E-state index in [-0.39, 0.29) is 12.3 Å². The van der Waals surface area contributed by atoms with Gasteiger partial charge in [0.2, 0.25) is 0 Å². The van der Waals surface area contributed by atoms with Gasteiger partial charge in [0.15, 0.2) is 0 Å². The zero-order chi connectivity index (χ0) is 15.5. The van der Waals surface area contributed by atoms with Crippen LogP contribution in [0.25, 0.3) is 6.08 Å². The van der Waals surface area contributed by atoms with Crippen LogP contribution in [0.5, 0.6) is 0 Å². The molecule has 116 valence electrons. The number of aryl methyl sites for hydroxylation is 1. The second-order valence-corrected chi connectivity index (χ2v) is 5.20. The number of benzene rings is 1. The molecule has 21 heavy (non-hydrogen) atoms. The van der Waals surface area contributed by atoms with Gasteiger partial charge in [-0.25, -0.2) is 0 Å². The first-order chi connectivity index (χ1) is 9.96. The Labute approximate surface area is 122 Å². The van der Waals surface area contributed by atoms with Crippen molar-refractivity contribution in [2.45, 2.75) is 24.9 Å². The van der Waals surface area contributed by atoms with E-state index in [9.17, 15) is 13.2 Å². The van der Waals surface area contributed by atoms with Crippen molar-refractivity contribution in [3.63, 3.8) is 0 Å². The second kappa shape index (κ2) is 6.62. The largest absolute Gasteiger partial charge is 0.389 e. The molecule has 0 fully saturated rings. The molecule has 0 aromatic heterocycles. The number of alkyl halides is 3. The molecule has 0 spiro atoms. The summed E-state index contributed by atoms with van der Waals surface area (Å²) in [5.74, 6) is -0.0191. The normalized spacial score (nSPS) is 17.8. The van der Waals surface area contributed by atoms with E-state index in [0.29, 0.717) is 13.2 Å². The van der Waals surface area contributed by atoms with Crippen LogP contribution in [0.1, 0.15) is 29.0 Å². The van der Waals surface area contributed by atoms with E-state index in [1.165, 1.54) is 0 Å². The summed E-state index contributed by atoms with van der Waals surface area (Å²) in [4.78, 5) is 0. The van der Waals surface area contributed by atoms with Crippen LogP contribution < -0.4 is 0 Å². The van der Waals surface area contributed by atoms with Crippen molar-refractivity contribution in [2.24, 2.45) is 0 Å². The molecule has 1 atom stereocenters. The summed E-state index contributed by atoms with van der Waals surface area (Å²) in [6.07, 6.45) is -2.94. The number of halogens is 3. The molecule has 0 radical (unpaired) electrons. The lowest BCUT2D eigenvalue weighted by atomic mass is 9.90. The predicted molar refractivity (Wildman–Crippen MR) is 75.3 cm³/mol. The summed E-state index contributed by atoms with van der Waals surface area (Å²) >= 11 is 0. The highest BCUT2D eigenvalue weighted by Gasteiger charge is 2.30. The molecule has 1 aliphatic carbocycles. The lowest BCUT2D eigenvalue weighted by Crippen LogP contribution is -2.14. The van der Waals surface area contributed by atoms with Gasteiger partial charge < -0.3 is 9.47 Å². The number of hydrogen-bond acceptors (Lipinski definition) is 2. The number of rotatable bonds is 6. The van der Waals surface area contributed by atoms with Crippen LogP contribution in [0.2, 0.25) is 0 Å². The molecule has 0 saturated carbocycles. The fourth-order valence-corrected chi connectivity index (χ4v) is 2.83. The third kappa shape index (κ3) is 3.86. The highest BCUT2D eigenvalue weighted by molar-refractivity contribution is 5.68. The van der Waals surface area contributed by atoms with Crippen LogP contribution in [-0.4, -0.2) is 33.6 Å². The molecular formula is C16H19F3O2. The Hall–Kier alpha value is -1.33. The SMILES string of the molecule is COCC1=Cc2cccc(CCC(F)(F)F)c2C1COC. The lowest BCUT2D eigenvalue weighted by Gasteiger charge is -2.19. The number of ether oxygens (including phenoxy) is 2. The minimum absolute atomic E-state index is 0.000982. The Morgan fingerprint density at radius 1 is 1.14 bits per heavy atom. The Bertz CT molecular complexity index is 521. The summed E-state index contributed by atoms with van der Waals surface area (Å²) < 4.78 is 47.9. The first-order valence-corrected chi connectivity index (χ1v) is 6.83. The van der Waals surface area contributed by atoms with E-state index in [0.717, 1.165) is 22.3 Å². The number of methoxy groups -OCH3 is 2. The minimum Gasteiger partial charge on any atom is -0.384 e. The standard InChI is InChI=1S/C16H19F3O2/c1-20-9-13-8-12-5-3-4-11(6-7-16(17,18)19)15(12)14(13)10-21-2/h3-5,8,14H,6-7,9-10H2,1-2H3. The zero-order valence-corrected chi connectivity index (χ0v) is 12.2. The minimum atomic E-state index is -4.14. The summed E-state index contributed by atoms with van der Waals surface area (Å²) in [5, 5.41) is 0. The Morgan fingerprint density at radius 3 is 2.52 bits per heavy atom. The van der Waals surface area contributed by atoms with Gasteiger partial charge in [-0.1, -0.05) is 24.3 Å². The van der Waals surface area contributed by atoms with Gasteiger partial charge in [-0.2, -0.15) is 13.2 Å². The molecule has 0 N–H and O–H groups in total. The van der Waals surface area contributed by atoms with E-state index in [1.54, 1.807) is 26.4 Å². The molecule has 0 heterocycles. The molecule has 2 nitrogen and oxygen atoms in total. The van der Waals surface area contributed by atoms with Crippen LogP contribution >= 0.6 is 0 Å². The summed E-state index contributed by atoms with van der Waals surface area (Å²) in [6.45, 7) is 0.909. The average Bonchev–Trinajstić information content (AvgIpc) is 2.75. The smallest absolute Gasteiger partial charge is 0.384 e. The van der Waals surface area contributed by atoms with Crippen molar-refractivity contribution in [1.82, 2.24) is 0 Å². The average molecular weight is 300 g/mol. The Balaban J connectivity index is 2.28. The van der Waals surface area contributed by atoms with Gasteiger partial charge in [0.25, 0.3) is 0 Å². The van der Waals surface area contributed by atoms with E-state index in [4.69, 9.17) is 9.47 Å². The van der Waals surface area contributed by atoms with Crippen molar-refractivity contribution in [3.8, 4) is 0 Å². The molecule has 5 heteroatoms. The maximum Gasteiger partial charge on any atom is 0.389 e. The van der Waals surface area contributed by atoms with Crippen molar-refractivity contribution in [2.75, 3.05) is 27.4 Å². The summed E-state index contributed by atoms with van der Waals surface area (Å²) in [6, 6.07) is 5.51. The fraction of sp³-hybridized carbons (Fsp3) is 0.500. The molecule has 0 saturated heterocycles. The molecule has 0 amide bonds. The first kappa shape index (κ1) is 16.0. The molecule has 1 aliphatic rings. The fourth-order valence-electron chi connectivity index (χ4n) is 2.83. The van der Waals surface area contributed by atoms with Crippen LogP contribution in [0.15, 0.2) is 23.8 Å². The van der Waals surface area contributed by atoms with Crippen molar-refractivity contribution < 1.29 is 22.6 Å². The van der Waals surface area contributed by atoms with Crippen LogP contribution in [0.4, 0.5) is 13.2 Å². The highest BCUT2D eigenvalue weighted by atomic mass is 19.4. The van der Waals surface area contributed by atoms with Gasteiger partial charge in [-0.3, -0.25) is 0 Å². The monoisotopic (exact) mass is 300 g/mol. The van der Waals surface area contributed by atoms with Gasteiger partial charge >= 0.3 is 6.18 Å². The quantitative estimate of drug-likeness (QED) is 0.792. The topological polar surface area (TPSA) is 18.5 Å². The van der Waals surface area contributed by atoms with E-state index < -0.39 is 12.6 Å². The molecule has 0 bridgehead atoms. The third-order valence-corrected chi connectivity index (χ3v) is 3.69. The van der Waals surface area contributed by atoms with Crippen LogP contribution in [0, 0.1) is 0 Å². The Morgan fingerprint density at radius 2 is 1.90 bits per heavy atom. The van der Waals surface area contributed by atoms with Crippen molar-refractivity contribution >= 4 is 6.08 Å². The van der Waals surface area contributed by atoms with Gasteiger partial charge in [0.1, 0.15) is 0 Å². The van der Waals surface area contributed by atoms with E-state index >= 15 is 0 Å². The molecule has 0 aliphatic heterocycles. The molecule has 2 rings (SSSR count). The molecule has 1 aromatic rings. The maximum atomic E-state index is 12.5. The number of hydrogen-bond donors (Lipinski definition) is 0. The van der Waals surface area contributed by atoms with E-state index in [2.05, 4.69) is 0 Å². The van der Waals surface area contributed by atoms with E-state index in [1.807, 2.05) is 12.1 Å². The van der Waals surface area contributed by atoms with Crippen LogP contribution in [-0.2, 0) is 15.9 Å². The molecule has 1 unspecified atom stereocenters. The van der Waals surface area contributed by atoms with Gasteiger partial charge in [0, 0.05) is 26.6 Å². The maximum absolute atomic E-state index is 12.5.